The molecule has 1 aromatic rings. The molecule has 0 aliphatic heterocycles. The summed E-state index contributed by atoms with van der Waals surface area (Å²) in [4.78, 5) is 0. The van der Waals surface area contributed by atoms with Crippen LogP contribution in [-0.2, 0) is 12.8 Å². The highest BCUT2D eigenvalue weighted by Crippen LogP contribution is 2.37. The highest BCUT2D eigenvalue weighted by Gasteiger charge is 2.32. The maximum absolute atomic E-state index is 5.82. The number of nitrogens with two attached hydrogens (primary N) is 1. The van der Waals surface area contributed by atoms with Gasteiger partial charge in [-0.05, 0) is 41.8 Å². The molecule has 76 valence electrons. The summed E-state index contributed by atoms with van der Waals surface area (Å²) >= 11 is 0. The lowest BCUT2D eigenvalue weighted by atomic mass is 9.77. The monoisotopic (exact) mass is 189 g/mol. The molecule has 0 spiro atoms. The van der Waals surface area contributed by atoms with Gasteiger partial charge in [-0.1, -0.05) is 38.1 Å². The largest absolute Gasteiger partial charge is 0.330 e. The first-order chi connectivity index (χ1) is 6.63. The summed E-state index contributed by atoms with van der Waals surface area (Å²) in [6.07, 6.45) is 2.42. The molecule has 1 aromatic carbocycles. The SMILES string of the molecule is CC(C)(CN)C1Cc2ccccc2C1. The summed E-state index contributed by atoms with van der Waals surface area (Å²) in [6.45, 7) is 5.35. The average Bonchev–Trinajstić information content (AvgIpc) is 2.61. The molecule has 0 atom stereocenters. The highest BCUT2D eigenvalue weighted by molar-refractivity contribution is 5.32. The summed E-state index contributed by atoms with van der Waals surface area (Å²) < 4.78 is 0. The Kier molecular flexibility index (Phi) is 2.36. The Balaban J connectivity index is 2.19. The molecule has 0 bridgehead atoms. The Hall–Kier alpha value is -0.820. The van der Waals surface area contributed by atoms with Gasteiger partial charge in [0.1, 0.15) is 0 Å². The number of benzene rings is 1. The zero-order chi connectivity index (χ0) is 10.2. The van der Waals surface area contributed by atoms with Crippen LogP contribution in [0.4, 0.5) is 0 Å². The van der Waals surface area contributed by atoms with Crippen LogP contribution in [0.1, 0.15) is 25.0 Å². The van der Waals surface area contributed by atoms with Gasteiger partial charge in [0.2, 0.25) is 0 Å². The molecule has 1 heteroatoms. The van der Waals surface area contributed by atoms with Crippen LogP contribution in [0.25, 0.3) is 0 Å². The van der Waals surface area contributed by atoms with Crippen LogP contribution in [0.15, 0.2) is 24.3 Å². The minimum absolute atomic E-state index is 0.277. The van der Waals surface area contributed by atoms with Gasteiger partial charge < -0.3 is 5.73 Å². The van der Waals surface area contributed by atoms with Crippen LogP contribution in [-0.4, -0.2) is 6.54 Å². The molecule has 0 heterocycles. The second-order valence-electron chi connectivity index (χ2n) is 5.07. The summed E-state index contributed by atoms with van der Waals surface area (Å²) in [5.41, 5.74) is 9.15. The standard InChI is InChI=1S/C13H19N/c1-13(2,9-14)12-7-10-5-3-4-6-11(10)8-12/h3-6,12H,7-9,14H2,1-2H3. The Morgan fingerprint density at radius 2 is 1.71 bits per heavy atom. The normalized spacial score (nSPS) is 17.1. The van der Waals surface area contributed by atoms with Gasteiger partial charge in [-0.25, -0.2) is 0 Å². The smallest absolute Gasteiger partial charge is 0.00229 e. The molecule has 0 saturated carbocycles. The maximum Gasteiger partial charge on any atom is -0.00229 e. The predicted octanol–water partition coefficient (Wildman–Crippen LogP) is 2.39. The minimum atomic E-state index is 0.277. The van der Waals surface area contributed by atoms with Crippen molar-refractivity contribution in [1.29, 1.82) is 0 Å². The molecule has 0 aromatic heterocycles. The Bertz CT molecular complexity index is 303. The van der Waals surface area contributed by atoms with Crippen LogP contribution in [0.2, 0.25) is 0 Å². The van der Waals surface area contributed by atoms with Gasteiger partial charge in [0.05, 0.1) is 0 Å². The maximum atomic E-state index is 5.82. The van der Waals surface area contributed by atoms with Crippen molar-refractivity contribution in [1.82, 2.24) is 0 Å². The molecule has 0 unspecified atom stereocenters. The van der Waals surface area contributed by atoms with Crippen molar-refractivity contribution in [2.24, 2.45) is 17.1 Å². The van der Waals surface area contributed by atoms with Crippen molar-refractivity contribution in [3.63, 3.8) is 0 Å². The van der Waals surface area contributed by atoms with Crippen LogP contribution in [0, 0.1) is 11.3 Å². The van der Waals surface area contributed by atoms with Crippen LogP contribution >= 0.6 is 0 Å². The van der Waals surface area contributed by atoms with Crippen molar-refractivity contribution in [3.8, 4) is 0 Å². The van der Waals surface area contributed by atoms with E-state index in [9.17, 15) is 0 Å². The summed E-state index contributed by atoms with van der Waals surface area (Å²) in [5, 5.41) is 0. The van der Waals surface area contributed by atoms with E-state index >= 15 is 0 Å². The first-order valence-electron chi connectivity index (χ1n) is 5.40. The van der Waals surface area contributed by atoms with Gasteiger partial charge in [0.15, 0.2) is 0 Å². The van der Waals surface area contributed by atoms with Crippen LogP contribution < -0.4 is 5.73 Å². The molecule has 0 radical (unpaired) electrons. The lowest BCUT2D eigenvalue weighted by Gasteiger charge is -2.29. The van der Waals surface area contributed by atoms with E-state index in [0.29, 0.717) is 0 Å². The molecule has 14 heavy (non-hydrogen) atoms. The third kappa shape index (κ3) is 1.57. The summed E-state index contributed by atoms with van der Waals surface area (Å²) in [5.74, 6) is 0.727. The second-order valence-corrected chi connectivity index (χ2v) is 5.07. The molecule has 2 rings (SSSR count). The number of rotatable bonds is 2. The van der Waals surface area contributed by atoms with E-state index in [4.69, 9.17) is 5.73 Å². The van der Waals surface area contributed by atoms with Gasteiger partial charge in [0, 0.05) is 0 Å². The third-order valence-electron chi connectivity index (χ3n) is 3.68. The van der Waals surface area contributed by atoms with E-state index in [1.54, 1.807) is 0 Å². The van der Waals surface area contributed by atoms with Gasteiger partial charge >= 0.3 is 0 Å². The van der Waals surface area contributed by atoms with E-state index in [1.807, 2.05) is 0 Å². The second kappa shape index (κ2) is 3.39. The molecule has 0 fully saturated rings. The van der Waals surface area contributed by atoms with Crippen LogP contribution in [0.3, 0.4) is 0 Å². The summed E-state index contributed by atoms with van der Waals surface area (Å²) in [6, 6.07) is 8.77. The third-order valence-corrected chi connectivity index (χ3v) is 3.68. The number of hydrogen-bond donors (Lipinski definition) is 1. The highest BCUT2D eigenvalue weighted by atomic mass is 14.6. The molecule has 1 nitrogen and oxygen atoms in total. The van der Waals surface area contributed by atoms with Gasteiger partial charge in [0.25, 0.3) is 0 Å². The zero-order valence-corrected chi connectivity index (χ0v) is 9.09. The predicted molar refractivity (Wildman–Crippen MR) is 60.2 cm³/mol. The van der Waals surface area contributed by atoms with E-state index in [0.717, 1.165) is 12.5 Å². The Morgan fingerprint density at radius 3 is 2.14 bits per heavy atom. The summed E-state index contributed by atoms with van der Waals surface area (Å²) in [7, 11) is 0. The van der Waals surface area contributed by atoms with E-state index in [2.05, 4.69) is 38.1 Å². The molecule has 1 aliphatic rings. The number of fused-ring (bicyclic) bond motifs is 1. The van der Waals surface area contributed by atoms with Gasteiger partial charge in [-0.15, -0.1) is 0 Å². The fraction of sp³-hybridized carbons (Fsp3) is 0.538. The van der Waals surface area contributed by atoms with Crippen molar-refractivity contribution >= 4 is 0 Å². The van der Waals surface area contributed by atoms with Crippen molar-refractivity contribution in [2.75, 3.05) is 6.54 Å². The van der Waals surface area contributed by atoms with Gasteiger partial charge in [-0.3, -0.25) is 0 Å². The number of hydrogen-bond acceptors (Lipinski definition) is 1. The van der Waals surface area contributed by atoms with Gasteiger partial charge in [-0.2, -0.15) is 0 Å². The average molecular weight is 189 g/mol. The van der Waals surface area contributed by atoms with Crippen molar-refractivity contribution in [3.05, 3.63) is 35.4 Å². The van der Waals surface area contributed by atoms with Crippen LogP contribution in [0.5, 0.6) is 0 Å². The molecule has 2 N–H and O–H groups in total. The van der Waals surface area contributed by atoms with Crippen molar-refractivity contribution < 1.29 is 0 Å². The molecular formula is C13H19N. The molecule has 1 aliphatic carbocycles. The van der Waals surface area contributed by atoms with E-state index < -0.39 is 0 Å². The molecule has 0 saturated heterocycles. The lowest BCUT2D eigenvalue weighted by Crippen LogP contribution is -2.32. The first-order valence-corrected chi connectivity index (χ1v) is 5.40. The first kappa shape index (κ1) is 9.72. The van der Waals surface area contributed by atoms with Crippen molar-refractivity contribution in [2.45, 2.75) is 26.7 Å². The fourth-order valence-electron chi connectivity index (χ4n) is 2.28. The molecule has 0 amide bonds. The van der Waals surface area contributed by atoms with E-state index in [1.165, 1.54) is 24.0 Å². The quantitative estimate of drug-likeness (QED) is 0.759. The zero-order valence-electron chi connectivity index (χ0n) is 9.09. The Morgan fingerprint density at radius 1 is 1.21 bits per heavy atom. The molecular weight excluding hydrogens is 170 g/mol. The Labute approximate surface area is 86.3 Å². The fourth-order valence-corrected chi connectivity index (χ4v) is 2.28. The lowest BCUT2D eigenvalue weighted by molar-refractivity contribution is 0.231. The topological polar surface area (TPSA) is 26.0 Å². The van der Waals surface area contributed by atoms with E-state index in [-0.39, 0.29) is 5.41 Å². The minimum Gasteiger partial charge on any atom is -0.330 e.